The lowest BCUT2D eigenvalue weighted by Gasteiger charge is -2.56. The van der Waals surface area contributed by atoms with Crippen molar-refractivity contribution < 1.29 is 19.1 Å². The van der Waals surface area contributed by atoms with Crippen LogP contribution in [0.2, 0.25) is 0 Å². The van der Waals surface area contributed by atoms with Crippen molar-refractivity contribution in [3.63, 3.8) is 0 Å². The normalized spacial score (nSPS) is 40.9. The number of rotatable bonds is 0. The molecular formula is C21H22N2O4. The van der Waals surface area contributed by atoms with E-state index in [1.54, 1.807) is 4.90 Å². The monoisotopic (exact) mass is 366 g/mol. The van der Waals surface area contributed by atoms with E-state index in [1.165, 1.54) is 7.11 Å². The number of fused-ring (bicyclic) bond motifs is 3. The van der Waals surface area contributed by atoms with E-state index in [9.17, 15) is 9.59 Å². The summed E-state index contributed by atoms with van der Waals surface area (Å²) in [7, 11) is 1.41. The number of benzene rings is 1. The number of para-hydroxylation sites is 1. The Morgan fingerprint density at radius 2 is 2.11 bits per heavy atom. The molecule has 0 unspecified atom stereocenters. The molecule has 0 N–H and O–H groups in total. The maximum absolute atomic E-state index is 13.2. The highest BCUT2D eigenvalue weighted by atomic mass is 16.6. The van der Waals surface area contributed by atoms with Crippen molar-refractivity contribution in [2.45, 2.75) is 42.4 Å². The number of hydrogen-bond acceptors (Lipinski definition) is 5. The van der Waals surface area contributed by atoms with Gasteiger partial charge in [-0.2, -0.15) is 0 Å². The zero-order valence-corrected chi connectivity index (χ0v) is 15.3. The highest BCUT2D eigenvalue weighted by molar-refractivity contribution is 5.98. The Labute approximate surface area is 157 Å². The molecule has 4 fully saturated rings. The summed E-state index contributed by atoms with van der Waals surface area (Å²) in [4.78, 5) is 30.4. The molecule has 6 nitrogen and oxygen atoms in total. The van der Waals surface area contributed by atoms with Gasteiger partial charge in [-0.3, -0.25) is 14.6 Å². The minimum absolute atomic E-state index is 0.0813. The average molecular weight is 366 g/mol. The first-order valence-electron chi connectivity index (χ1n) is 9.71. The Hall–Kier alpha value is -2.34. The predicted molar refractivity (Wildman–Crippen MR) is 97.2 cm³/mol. The molecule has 1 aromatic carbocycles. The maximum atomic E-state index is 13.2. The van der Waals surface area contributed by atoms with E-state index in [0.717, 1.165) is 37.2 Å². The third kappa shape index (κ3) is 1.51. The number of amides is 1. The van der Waals surface area contributed by atoms with E-state index in [0.29, 0.717) is 12.8 Å². The van der Waals surface area contributed by atoms with E-state index in [-0.39, 0.29) is 17.4 Å². The number of nitrogens with zero attached hydrogens (tertiary/aromatic N) is 2. The maximum Gasteiger partial charge on any atom is 0.414 e. The summed E-state index contributed by atoms with van der Waals surface area (Å²) >= 11 is 0. The van der Waals surface area contributed by atoms with Gasteiger partial charge in [-0.15, -0.1) is 0 Å². The first-order valence-corrected chi connectivity index (χ1v) is 9.71. The van der Waals surface area contributed by atoms with Gasteiger partial charge in [-0.1, -0.05) is 30.4 Å². The first kappa shape index (κ1) is 15.7. The van der Waals surface area contributed by atoms with Gasteiger partial charge in [0.25, 0.3) is 0 Å². The summed E-state index contributed by atoms with van der Waals surface area (Å²) < 4.78 is 11.4. The fraction of sp³-hybridized carbons (Fsp3) is 0.524. The van der Waals surface area contributed by atoms with Crippen molar-refractivity contribution in [3.05, 3.63) is 42.0 Å². The van der Waals surface area contributed by atoms with Crippen molar-refractivity contribution in [1.29, 1.82) is 0 Å². The lowest BCUT2D eigenvalue weighted by molar-refractivity contribution is -0.152. The lowest BCUT2D eigenvalue weighted by Crippen LogP contribution is -2.68. The smallest absolute Gasteiger partial charge is 0.414 e. The molecule has 5 heterocycles. The highest BCUT2D eigenvalue weighted by Crippen LogP contribution is 2.68. The van der Waals surface area contributed by atoms with Gasteiger partial charge in [-0.05, 0) is 25.3 Å². The first-order chi connectivity index (χ1) is 13.1. The van der Waals surface area contributed by atoms with Crippen LogP contribution in [-0.2, 0) is 19.9 Å². The molecule has 0 aromatic heterocycles. The van der Waals surface area contributed by atoms with E-state index in [1.807, 2.05) is 24.3 Å². The third-order valence-electron chi connectivity index (χ3n) is 7.79. The Morgan fingerprint density at radius 1 is 1.26 bits per heavy atom. The molecule has 140 valence electrons. The minimum Gasteiger partial charge on any atom is -0.452 e. The molecule has 1 saturated carbocycles. The van der Waals surface area contributed by atoms with Crippen LogP contribution in [0.3, 0.4) is 0 Å². The third-order valence-corrected chi connectivity index (χ3v) is 7.79. The van der Waals surface area contributed by atoms with Crippen LogP contribution in [-0.4, -0.2) is 48.2 Å². The number of methoxy groups -OCH3 is 1. The topological polar surface area (TPSA) is 59.1 Å². The SMILES string of the molecule is COC(=O)N1c2ccccc2[C@]23CCN4CC=C[C@@]45CC[C@]12[C@H](C5)C(=O)O3. The fourth-order valence-corrected chi connectivity index (χ4v) is 6.75. The lowest BCUT2D eigenvalue weighted by atomic mass is 9.58. The molecule has 6 aliphatic rings. The molecule has 27 heavy (non-hydrogen) atoms. The van der Waals surface area contributed by atoms with Crippen LogP contribution in [0.25, 0.3) is 0 Å². The summed E-state index contributed by atoms with van der Waals surface area (Å²) in [5.41, 5.74) is 0.230. The average Bonchev–Trinajstić information content (AvgIpc) is 3.24. The minimum atomic E-state index is -0.783. The molecule has 4 atom stereocenters. The Morgan fingerprint density at radius 3 is 2.96 bits per heavy atom. The Kier molecular flexibility index (Phi) is 2.75. The molecule has 2 spiro atoms. The van der Waals surface area contributed by atoms with E-state index in [4.69, 9.17) is 9.47 Å². The summed E-state index contributed by atoms with van der Waals surface area (Å²) in [5, 5.41) is 0. The van der Waals surface area contributed by atoms with Gasteiger partial charge >= 0.3 is 12.1 Å². The zero-order chi connectivity index (χ0) is 18.4. The predicted octanol–water partition coefficient (Wildman–Crippen LogP) is 2.58. The second-order valence-electron chi connectivity index (χ2n) is 8.45. The van der Waals surface area contributed by atoms with Crippen LogP contribution < -0.4 is 4.90 Å². The van der Waals surface area contributed by atoms with Gasteiger partial charge in [0.05, 0.1) is 18.7 Å². The van der Waals surface area contributed by atoms with Gasteiger partial charge in [0, 0.05) is 30.6 Å². The standard InChI is InChI=1S/C21H22N2O4/c1-26-18(25)23-16-6-3-2-5-14(16)21-10-12-22-11-4-7-19(22)8-9-20(21,23)15(13-19)17(24)27-21/h2-7,15H,8-13H2,1H3/t15-,19+,20-,21-/m1/s1. The number of hydrogen-bond donors (Lipinski definition) is 0. The second-order valence-corrected chi connectivity index (χ2v) is 8.45. The van der Waals surface area contributed by atoms with Gasteiger partial charge in [-0.25, -0.2) is 4.79 Å². The quantitative estimate of drug-likeness (QED) is 0.522. The van der Waals surface area contributed by atoms with Crippen LogP contribution in [0.1, 0.15) is 31.2 Å². The molecule has 5 aliphatic heterocycles. The Bertz CT molecular complexity index is 913. The van der Waals surface area contributed by atoms with E-state index < -0.39 is 17.2 Å². The number of carbonyl (C=O) groups excluding carboxylic acids is 2. The van der Waals surface area contributed by atoms with E-state index in [2.05, 4.69) is 17.1 Å². The van der Waals surface area contributed by atoms with Crippen molar-refractivity contribution in [2.75, 3.05) is 25.1 Å². The summed E-state index contributed by atoms with van der Waals surface area (Å²) in [6.45, 7) is 1.77. The number of ether oxygens (including phenoxy) is 2. The fourth-order valence-electron chi connectivity index (χ4n) is 6.75. The second kappa shape index (κ2) is 4.73. The van der Waals surface area contributed by atoms with Crippen LogP contribution in [0.15, 0.2) is 36.4 Å². The van der Waals surface area contributed by atoms with Crippen molar-refractivity contribution >= 4 is 17.7 Å². The van der Waals surface area contributed by atoms with Gasteiger partial charge in [0.2, 0.25) is 0 Å². The molecule has 1 amide bonds. The molecule has 6 heteroatoms. The molecule has 3 saturated heterocycles. The molecule has 4 bridgehead atoms. The van der Waals surface area contributed by atoms with Crippen molar-refractivity contribution in [2.24, 2.45) is 5.92 Å². The summed E-state index contributed by atoms with van der Waals surface area (Å²) in [5.74, 6) is -0.511. The van der Waals surface area contributed by atoms with Crippen LogP contribution in [0.5, 0.6) is 0 Å². The van der Waals surface area contributed by atoms with E-state index >= 15 is 0 Å². The zero-order valence-electron chi connectivity index (χ0n) is 15.3. The molecule has 7 rings (SSSR count). The van der Waals surface area contributed by atoms with Gasteiger partial charge < -0.3 is 9.47 Å². The molecule has 0 radical (unpaired) electrons. The van der Waals surface area contributed by atoms with Crippen LogP contribution in [0, 0.1) is 5.92 Å². The van der Waals surface area contributed by atoms with Gasteiger partial charge in [0.1, 0.15) is 5.54 Å². The van der Waals surface area contributed by atoms with Crippen molar-refractivity contribution in [1.82, 2.24) is 4.90 Å². The highest BCUT2D eigenvalue weighted by Gasteiger charge is 2.78. The van der Waals surface area contributed by atoms with Crippen LogP contribution >= 0.6 is 0 Å². The Balaban J connectivity index is 1.64. The number of anilines is 1. The molecule has 1 aliphatic carbocycles. The molecule has 1 aromatic rings. The van der Waals surface area contributed by atoms with Crippen molar-refractivity contribution in [3.8, 4) is 0 Å². The van der Waals surface area contributed by atoms with Crippen LogP contribution in [0.4, 0.5) is 10.5 Å². The summed E-state index contributed by atoms with van der Waals surface area (Å²) in [6.07, 6.45) is 7.15. The number of carbonyl (C=O) groups is 2. The summed E-state index contributed by atoms with van der Waals surface area (Å²) in [6, 6.07) is 7.87. The largest absolute Gasteiger partial charge is 0.452 e. The molecular weight excluding hydrogens is 344 g/mol. The number of esters is 1. The van der Waals surface area contributed by atoms with Gasteiger partial charge in [0.15, 0.2) is 5.60 Å².